The molecule has 0 saturated heterocycles. The van der Waals surface area contributed by atoms with Gasteiger partial charge in [0.25, 0.3) is 11.8 Å². The molecule has 18 heavy (non-hydrogen) atoms. The van der Waals surface area contributed by atoms with Crippen molar-refractivity contribution in [2.75, 3.05) is 0 Å². The molecule has 0 fully saturated rings. The number of rotatable bonds is 3. The summed E-state index contributed by atoms with van der Waals surface area (Å²) in [5, 5.41) is 16.6. The van der Waals surface area contributed by atoms with Crippen molar-refractivity contribution >= 4 is 24.2 Å². The summed E-state index contributed by atoms with van der Waals surface area (Å²) in [5.41, 5.74) is 4.80. The number of hydrazone groups is 2. The number of phenols is 1. The molecule has 0 spiro atoms. The highest BCUT2D eigenvalue weighted by atomic mass is 16.3. The van der Waals surface area contributed by atoms with Crippen LogP contribution >= 0.6 is 0 Å². The lowest BCUT2D eigenvalue weighted by molar-refractivity contribution is -0.131. The van der Waals surface area contributed by atoms with Gasteiger partial charge in [0.05, 0.1) is 6.21 Å². The minimum atomic E-state index is -0.966. The molecule has 0 radical (unpaired) electrons. The van der Waals surface area contributed by atoms with Crippen LogP contribution in [0, 0.1) is 5.92 Å². The second-order valence-electron chi connectivity index (χ2n) is 3.52. The Hall–Kier alpha value is -2.70. The summed E-state index contributed by atoms with van der Waals surface area (Å²) in [4.78, 5) is 22.6. The van der Waals surface area contributed by atoms with Crippen molar-refractivity contribution in [3.8, 4) is 5.75 Å². The molecular formula is C11H10N4O3. The van der Waals surface area contributed by atoms with Crippen molar-refractivity contribution in [3.63, 3.8) is 0 Å². The van der Waals surface area contributed by atoms with Gasteiger partial charge in [-0.15, -0.1) is 0 Å². The summed E-state index contributed by atoms with van der Waals surface area (Å²) >= 11 is 0. The molecule has 1 atom stereocenters. The number of phenolic OH excluding ortho intramolecular Hbond substituents is 1. The van der Waals surface area contributed by atoms with Gasteiger partial charge in [-0.2, -0.15) is 10.2 Å². The van der Waals surface area contributed by atoms with Crippen molar-refractivity contribution in [1.29, 1.82) is 0 Å². The van der Waals surface area contributed by atoms with Crippen LogP contribution in [0.1, 0.15) is 5.56 Å². The van der Waals surface area contributed by atoms with Gasteiger partial charge in [-0.25, -0.2) is 10.9 Å². The maximum atomic E-state index is 11.5. The highest BCUT2D eigenvalue weighted by Gasteiger charge is 2.28. The second kappa shape index (κ2) is 5.09. The molecule has 92 valence electrons. The molecule has 0 saturated carbocycles. The largest absolute Gasteiger partial charge is 0.507 e. The summed E-state index contributed by atoms with van der Waals surface area (Å²) in [6.45, 7) is 0. The van der Waals surface area contributed by atoms with Crippen LogP contribution in [0.15, 0.2) is 34.5 Å². The molecule has 1 aliphatic heterocycles. The smallest absolute Gasteiger partial charge is 0.258 e. The molecule has 7 nitrogen and oxygen atoms in total. The van der Waals surface area contributed by atoms with Crippen molar-refractivity contribution < 1.29 is 14.7 Å². The van der Waals surface area contributed by atoms with Crippen LogP contribution in [-0.2, 0) is 9.59 Å². The number of nitrogens with one attached hydrogen (secondary N) is 2. The van der Waals surface area contributed by atoms with Crippen LogP contribution < -0.4 is 10.9 Å². The molecule has 1 aromatic carbocycles. The number of carbonyl (C=O) groups excluding carboxylic acids is 2. The van der Waals surface area contributed by atoms with Gasteiger partial charge in [0.2, 0.25) is 0 Å². The second-order valence-corrected chi connectivity index (χ2v) is 3.52. The van der Waals surface area contributed by atoms with E-state index in [1.54, 1.807) is 18.2 Å². The maximum Gasteiger partial charge on any atom is 0.258 e. The Morgan fingerprint density at radius 3 is 2.94 bits per heavy atom. The zero-order valence-corrected chi connectivity index (χ0v) is 9.20. The molecule has 1 aliphatic rings. The van der Waals surface area contributed by atoms with E-state index in [4.69, 9.17) is 0 Å². The number of carbonyl (C=O) groups is 2. The third kappa shape index (κ3) is 2.51. The summed E-state index contributed by atoms with van der Waals surface area (Å²) < 4.78 is 0. The first kappa shape index (κ1) is 11.8. The number of amides is 2. The van der Waals surface area contributed by atoms with Crippen LogP contribution in [-0.4, -0.2) is 29.4 Å². The molecular weight excluding hydrogens is 236 g/mol. The van der Waals surface area contributed by atoms with Gasteiger partial charge in [-0.1, -0.05) is 12.1 Å². The molecule has 1 unspecified atom stereocenters. The van der Waals surface area contributed by atoms with E-state index >= 15 is 0 Å². The Labute approximate surface area is 102 Å². The topological polar surface area (TPSA) is 103 Å². The zero-order chi connectivity index (χ0) is 13.0. The van der Waals surface area contributed by atoms with E-state index in [0.717, 1.165) is 0 Å². The summed E-state index contributed by atoms with van der Waals surface area (Å²) in [6.07, 6.45) is 2.49. The number of nitrogens with zero attached hydrogens (tertiary/aromatic N) is 2. The molecule has 0 bridgehead atoms. The Kier molecular flexibility index (Phi) is 3.33. The molecule has 1 aromatic rings. The third-order valence-electron chi connectivity index (χ3n) is 2.28. The van der Waals surface area contributed by atoms with Gasteiger partial charge in [-0.05, 0) is 12.1 Å². The van der Waals surface area contributed by atoms with Gasteiger partial charge >= 0.3 is 0 Å². The Balaban J connectivity index is 1.96. The molecule has 2 rings (SSSR count). The van der Waals surface area contributed by atoms with Crippen LogP contribution in [0.3, 0.4) is 0 Å². The average Bonchev–Trinajstić information content (AvgIpc) is 2.78. The van der Waals surface area contributed by atoms with E-state index < -0.39 is 17.7 Å². The number of para-hydroxylation sites is 1. The Bertz CT molecular complexity index is 539. The predicted molar refractivity (Wildman–Crippen MR) is 64.0 cm³/mol. The monoisotopic (exact) mass is 246 g/mol. The highest BCUT2D eigenvalue weighted by molar-refractivity contribution is 6.15. The van der Waals surface area contributed by atoms with E-state index in [-0.39, 0.29) is 5.75 Å². The quantitative estimate of drug-likeness (QED) is 0.383. The van der Waals surface area contributed by atoms with Crippen molar-refractivity contribution in [3.05, 3.63) is 29.8 Å². The van der Waals surface area contributed by atoms with E-state index in [9.17, 15) is 14.7 Å². The number of benzene rings is 1. The van der Waals surface area contributed by atoms with Crippen LogP contribution in [0.25, 0.3) is 0 Å². The van der Waals surface area contributed by atoms with Crippen LogP contribution in [0.2, 0.25) is 0 Å². The maximum absolute atomic E-state index is 11.5. The average molecular weight is 246 g/mol. The Morgan fingerprint density at radius 2 is 2.28 bits per heavy atom. The van der Waals surface area contributed by atoms with Gasteiger partial charge in [0.15, 0.2) is 5.92 Å². The number of hydrogen-bond donors (Lipinski definition) is 3. The summed E-state index contributed by atoms with van der Waals surface area (Å²) in [7, 11) is 0. The molecule has 0 aliphatic carbocycles. The molecule has 7 heteroatoms. The lowest BCUT2D eigenvalue weighted by Crippen LogP contribution is -2.34. The standard InChI is InChI=1S/C11H10N4O3/c16-9-4-2-1-3-7(9)5-12-14-10(17)8-6-13-15-11(8)18/h1-6,8,16H,(H,14,17)(H,15,18). The van der Waals surface area contributed by atoms with Crippen LogP contribution in [0.4, 0.5) is 0 Å². The lowest BCUT2D eigenvalue weighted by Gasteiger charge is -2.02. The number of aromatic hydroxyl groups is 1. The third-order valence-corrected chi connectivity index (χ3v) is 2.28. The fourth-order valence-electron chi connectivity index (χ4n) is 1.33. The first-order valence-electron chi connectivity index (χ1n) is 5.12. The fraction of sp³-hybridized carbons (Fsp3) is 0.0909. The first-order valence-corrected chi connectivity index (χ1v) is 5.12. The van der Waals surface area contributed by atoms with Gasteiger partial charge in [0, 0.05) is 11.8 Å². The SMILES string of the molecule is O=C(NN=Cc1ccccc1O)C1C=NNC1=O. The lowest BCUT2D eigenvalue weighted by atomic mass is 10.1. The molecule has 2 amide bonds. The first-order chi connectivity index (χ1) is 8.68. The van der Waals surface area contributed by atoms with Crippen molar-refractivity contribution in [1.82, 2.24) is 10.9 Å². The summed E-state index contributed by atoms with van der Waals surface area (Å²) in [6, 6.07) is 6.53. The normalized spacial score (nSPS) is 18.0. The highest BCUT2D eigenvalue weighted by Crippen LogP contribution is 2.12. The van der Waals surface area contributed by atoms with E-state index in [1.165, 1.54) is 18.5 Å². The van der Waals surface area contributed by atoms with E-state index in [1.807, 2.05) is 0 Å². The summed E-state index contributed by atoms with van der Waals surface area (Å²) in [5.74, 6) is -1.99. The molecule has 0 aromatic heterocycles. The molecule has 1 heterocycles. The fourth-order valence-corrected chi connectivity index (χ4v) is 1.33. The van der Waals surface area contributed by atoms with Gasteiger partial charge in [-0.3, -0.25) is 9.59 Å². The zero-order valence-electron chi connectivity index (χ0n) is 9.20. The van der Waals surface area contributed by atoms with Crippen molar-refractivity contribution in [2.24, 2.45) is 16.1 Å². The predicted octanol–water partition coefficient (Wildman–Crippen LogP) is -0.426. The Morgan fingerprint density at radius 1 is 1.50 bits per heavy atom. The van der Waals surface area contributed by atoms with E-state index in [2.05, 4.69) is 21.1 Å². The minimum absolute atomic E-state index is 0.0515. The molecule has 3 N–H and O–H groups in total. The minimum Gasteiger partial charge on any atom is -0.507 e. The van der Waals surface area contributed by atoms with Crippen LogP contribution in [0.5, 0.6) is 5.75 Å². The number of hydrogen-bond acceptors (Lipinski definition) is 5. The van der Waals surface area contributed by atoms with Crippen molar-refractivity contribution in [2.45, 2.75) is 0 Å². The van der Waals surface area contributed by atoms with Gasteiger partial charge in [0.1, 0.15) is 5.75 Å². The van der Waals surface area contributed by atoms with Gasteiger partial charge < -0.3 is 5.11 Å². The van der Waals surface area contributed by atoms with E-state index in [0.29, 0.717) is 5.56 Å².